The molecule has 0 aliphatic heterocycles. The fourth-order valence-corrected chi connectivity index (χ4v) is 2.92. The number of anilines is 1. The second kappa shape index (κ2) is 5.91. The third-order valence-corrected chi connectivity index (χ3v) is 4.02. The van der Waals surface area contributed by atoms with Gasteiger partial charge in [0.25, 0.3) is 0 Å². The number of rotatable bonds is 5. The zero-order valence-electron chi connectivity index (χ0n) is 11.1. The van der Waals surface area contributed by atoms with Crippen molar-refractivity contribution in [2.24, 2.45) is 0 Å². The van der Waals surface area contributed by atoms with Gasteiger partial charge in [0, 0.05) is 16.6 Å². The third-order valence-electron chi connectivity index (χ3n) is 2.82. The van der Waals surface area contributed by atoms with Crippen LogP contribution in [0.15, 0.2) is 35.7 Å². The van der Waals surface area contributed by atoms with Gasteiger partial charge in [-0.15, -0.1) is 11.3 Å². The number of hydrogen-bond acceptors (Lipinski definition) is 3. The molecule has 2 rings (SSSR count). The maximum absolute atomic E-state index is 5.51. The summed E-state index contributed by atoms with van der Waals surface area (Å²) in [5, 5.41) is 5.65. The molecule has 1 aromatic carbocycles. The summed E-state index contributed by atoms with van der Waals surface area (Å²) in [6.07, 6.45) is 0. The van der Waals surface area contributed by atoms with Crippen molar-refractivity contribution in [3.63, 3.8) is 0 Å². The molecule has 0 saturated heterocycles. The van der Waals surface area contributed by atoms with Crippen LogP contribution in [0.3, 0.4) is 0 Å². The minimum Gasteiger partial charge on any atom is -0.494 e. The second-order valence-electron chi connectivity index (χ2n) is 4.29. The van der Waals surface area contributed by atoms with E-state index >= 15 is 0 Å². The molecule has 0 saturated carbocycles. The van der Waals surface area contributed by atoms with Crippen LogP contribution < -0.4 is 10.1 Å². The summed E-state index contributed by atoms with van der Waals surface area (Å²) in [4.78, 5) is 1.39. The van der Waals surface area contributed by atoms with Gasteiger partial charge in [-0.2, -0.15) is 0 Å². The molecule has 0 aliphatic rings. The average molecular weight is 261 g/mol. The zero-order valence-corrected chi connectivity index (χ0v) is 11.9. The number of ether oxygens (including phenoxy) is 1. The van der Waals surface area contributed by atoms with Gasteiger partial charge in [-0.1, -0.05) is 6.07 Å². The van der Waals surface area contributed by atoms with E-state index in [0.29, 0.717) is 12.6 Å². The van der Waals surface area contributed by atoms with E-state index in [-0.39, 0.29) is 0 Å². The molecule has 2 aromatic rings. The van der Waals surface area contributed by atoms with Gasteiger partial charge in [-0.25, -0.2) is 0 Å². The Kier molecular flexibility index (Phi) is 4.26. The normalized spacial score (nSPS) is 12.2. The van der Waals surface area contributed by atoms with E-state index in [1.165, 1.54) is 10.4 Å². The van der Waals surface area contributed by atoms with Crippen LogP contribution in [0.5, 0.6) is 5.75 Å². The van der Waals surface area contributed by atoms with Crippen LogP contribution in [-0.2, 0) is 0 Å². The Morgan fingerprint density at radius 3 is 2.83 bits per heavy atom. The highest BCUT2D eigenvalue weighted by Crippen LogP contribution is 2.28. The van der Waals surface area contributed by atoms with Gasteiger partial charge in [-0.3, -0.25) is 0 Å². The first kappa shape index (κ1) is 13.0. The lowest BCUT2D eigenvalue weighted by molar-refractivity contribution is 0.340. The summed E-state index contributed by atoms with van der Waals surface area (Å²) in [6, 6.07) is 10.6. The van der Waals surface area contributed by atoms with Gasteiger partial charge < -0.3 is 10.1 Å². The van der Waals surface area contributed by atoms with Crippen molar-refractivity contribution in [2.75, 3.05) is 11.9 Å². The van der Waals surface area contributed by atoms with Gasteiger partial charge in [0.15, 0.2) is 0 Å². The highest BCUT2D eigenvalue weighted by Gasteiger charge is 2.09. The predicted octanol–water partition coefficient (Wildman–Crippen LogP) is 4.63. The number of aryl methyl sites for hydroxylation is 1. The standard InChI is InChI=1S/C15H19NOS/c1-4-17-14-7-5-6-13(10-14)16-12(3)15-11(2)8-9-18-15/h5-10,12,16H,4H2,1-3H3. The lowest BCUT2D eigenvalue weighted by Gasteiger charge is -2.15. The predicted molar refractivity (Wildman–Crippen MR) is 78.7 cm³/mol. The molecule has 3 heteroatoms. The Morgan fingerprint density at radius 1 is 1.33 bits per heavy atom. The van der Waals surface area contributed by atoms with Crippen molar-refractivity contribution in [1.82, 2.24) is 0 Å². The molecule has 0 fully saturated rings. The van der Waals surface area contributed by atoms with E-state index < -0.39 is 0 Å². The summed E-state index contributed by atoms with van der Waals surface area (Å²) < 4.78 is 5.51. The van der Waals surface area contributed by atoms with E-state index in [1.807, 2.05) is 25.1 Å². The number of thiophene rings is 1. The van der Waals surface area contributed by atoms with Crippen LogP contribution >= 0.6 is 11.3 Å². The van der Waals surface area contributed by atoms with E-state index in [4.69, 9.17) is 4.74 Å². The number of nitrogens with one attached hydrogen (secondary N) is 1. The van der Waals surface area contributed by atoms with Gasteiger partial charge in [-0.05, 0) is 49.9 Å². The lowest BCUT2D eigenvalue weighted by Crippen LogP contribution is -2.06. The second-order valence-corrected chi connectivity index (χ2v) is 5.24. The SMILES string of the molecule is CCOc1cccc(NC(C)c2sccc2C)c1. The number of hydrogen-bond donors (Lipinski definition) is 1. The topological polar surface area (TPSA) is 21.3 Å². The minimum absolute atomic E-state index is 0.321. The van der Waals surface area contributed by atoms with Gasteiger partial charge in [0.1, 0.15) is 5.75 Å². The summed E-state index contributed by atoms with van der Waals surface area (Å²) in [6.45, 7) is 7.04. The van der Waals surface area contributed by atoms with Crippen LogP contribution in [0, 0.1) is 6.92 Å². The Morgan fingerprint density at radius 2 is 2.17 bits per heavy atom. The Labute approximate surface area is 113 Å². The maximum Gasteiger partial charge on any atom is 0.121 e. The third kappa shape index (κ3) is 3.05. The molecule has 0 spiro atoms. The fraction of sp³-hybridized carbons (Fsp3) is 0.333. The van der Waals surface area contributed by atoms with Crippen molar-refractivity contribution < 1.29 is 4.74 Å². The molecule has 1 heterocycles. The first-order chi connectivity index (χ1) is 8.70. The Hall–Kier alpha value is -1.48. The molecule has 1 atom stereocenters. The molecular weight excluding hydrogens is 242 g/mol. The number of benzene rings is 1. The quantitative estimate of drug-likeness (QED) is 0.847. The maximum atomic E-state index is 5.51. The molecule has 0 amide bonds. The van der Waals surface area contributed by atoms with Crippen molar-refractivity contribution in [2.45, 2.75) is 26.8 Å². The van der Waals surface area contributed by atoms with Gasteiger partial charge >= 0.3 is 0 Å². The average Bonchev–Trinajstić information content (AvgIpc) is 2.76. The van der Waals surface area contributed by atoms with Crippen molar-refractivity contribution in [3.8, 4) is 5.75 Å². The summed E-state index contributed by atoms with van der Waals surface area (Å²) >= 11 is 1.80. The Bertz CT molecular complexity index is 507. The lowest BCUT2D eigenvalue weighted by atomic mass is 10.2. The molecular formula is C15H19NOS. The summed E-state index contributed by atoms with van der Waals surface area (Å²) in [5.74, 6) is 0.914. The summed E-state index contributed by atoms with van der Waals surface area (Å²) in [7, 11) is 0. The molecule has 0 aliphatic carbocycles. The van der Waals surface area contributed by atoms with Crippen LogP contribution in [0.4, 0.5) is 5.69 Å². The van der Waals surface area contributed by atoms with Crippen LogP contribution in [-0.4, -0.2) is 6.61 Å². The monoisotopic (exact) mass is 261 g/mol. The van der Waals surface area contributed by atoms with Crippen molar-refractivity contribution >= 4 is 17.0 Å². The highest BCUT2D eigenvalue weighted by molar-refractivity contribution is 7.10. The first-order valence-corrected chi connectivity index (χ1v) is 7.12. The molecule has 1 aromatic heterocycles. The van der Waals surface area contributed by atoms with Crippen LogP contribution in [0.1, 0.15) is 30.3 Å². The van der Waals surface area contributed by atoms with Crippen molar-refractivity contribution in [1.29, 1.82) is 0 Å². The van der Waals surface area contributed by atoms with E-state index in [9.17, 15) is 0 Å². The first-order valence-electron chi connectivity index (χ1n) is 6.24. The molecule has 1 unspecified atom stereocenters. The van der Waals surface area contributed by atoms with Crippen LogP contribution in [0.2, 0.25) is 0 Å². The highest BCUT2D eigenvalue weighted by atomic mass is 32.1. The Balaban J connectivity index is 2.09. The van der Waals surface area contributed by atoms with Gasteiger partial charge in [0.05, 0.1) is 12.6 Å². The smallest absolute Gasteiger partial charge is 0.121 e. The molecule has 96 valence electrons. The largest absolute Gasteiger partial charge is 0.494 e. The van der Waals surface area contributed by atoms with Crippen molar-refractivity contribution in [3.05, 3.63) is 46.2 Å². The van der Waals surface area contributed by atoms with Crippen LogP contribution in [0.25, 0.3) is 0 Å². The molecule has 0 bridgehead atoms. The van der Waals surface area contributed by atoms with Gasteiger partial charge in [0.2, 0.25) is 0 Å². The zero-order chi connectivity index (χ0) is 13.0. The van der Waals surface area contributed by atoms with E-state index in [2.05, 4.69) is 36.7 Å². The summed E-state index contributed by atoms with van der Waals surface area (Å²) in [5.41, 5.74) is 2.45. The minimum atomic E-state index is 0.321. The molecule has 1 N–H and O–H groups in total. The van der Waals surface area contributed by atoms with E-state index in [1.54, 1.807) is 11.3 Å². The molecule has 18 heavy (non-hydrogen) atoms. The molecule has 2 nitrogen and oxygen atoms in total. The molecule has 0 radical (unpaired) electrons. The fourth-order valence-electron chi connectivity index (χ4n) is 1.99. The van der Waals surface area contributed by atoms with E-state index in [0.717, 1.165) is 11.4 Å².